The molecule has 0 aromatic heterocycles. The van der Waals surface area contributed by atoms with Crippen LogP contribution < -0.4 is 5.32 Å². The average Bonchev–Trinajstić information content (AvgIpc) is 2.33. The smallest absolute Gasteiger partial charge is 0.255 e. The molecule has 0 spiro atoms. The minimum atomic E-state index is -0.397. The van der Waals surface area contributed by atoms with Crippen molar-refractivity contribution in [1.29, 1.82) is 0 Å². The summed E-state index contributed by atoms with van der Waals surface area (Å²) in [4.78, 5) is 14.1. The fourth-order valence-electron chi connectivity index (χ4n) is 1.97. The highest BCUT2D eigenvalue weighted by Gasteiger charge is 2.24. The van der Waals surface area contributed by atoms with Crippen LogP contribution in [0.3, 0.4) is 0 Å². The van der Waals surface area contributed by atoms with Gasteiger partial charge in [0.2, 0.25) is 0 Å². The molecule has 1 atom stereocenters. The molecule has 1 aliphatic heterocycles. The summed E-state index contributed by atoms with van der Waals surface area (Å²) in [7, 11) is 0. The van der Waals surface area contributed by atoms with Gasteiger partial charge in [-0.1, -0.05) is 11.6 Å². The number of carbonyl (C=O) groups excluding carboxylic acids is 1. The second kappa shape index (κ2) is 7.06. The largest absolute Gasteiger partial charge is 0.336 e. The Labute approximate surface area is 136 Å². The average molecular weight is 419 g/mol. The van der Waals surface area contributed by atoms with Crippen LogP contribution in [0, 0.1) is 9.39 Å². The van der Waals surface area contributed by atoms with Crippen LogP contribution in [-0.4, -0.2) is 36.5 Å². The first-order valence-electron chi connectivity index (χ1n) is 5.66. The van der Waals surface area contributed by atoms with E-state index in [-0.39, 0.29) is 29.4 Å². The van der Waals surface area contributed by atoms with Crippen molar-refractivity contribution in [2.24, 2.45) is 0 Å². The first-order chi connectivity index (χ1) is 8.49. The molecule has 3 nitrogen and oxygen atoms in total. The Morgan fingerprint density at radius 3 is 2.89 bits per heavy atom. The molecule has 1 aromatic rings. The van der Waals surface area contributed by atoms with Crippen LogP contribution in [0.5, 0.6) is 0 Å². The summed E-state index contributed by atoms with van der Waals surface area (Å²) in [6.07, 6.45) is 0. The number of piperazine rings is 1. The predicted octanol–water partition coefficient (Wildman–Crippen LogP) is 2.94. The molecule has 1 N–H and O–H groups in total. The van der Waals surface area contributed by atoms with Crippen molar-refractivity contribution in [1.82, 2.24) is 10.2 Å². The van der Waals surface area contributed by atoms with Crippen molar-refractivity contribution in [3.8, 4) is 0 Å². The van der Waals surface area contributed by atoms with Crippen LogP contribution in [0.2, 0.25) is 5.02 Å². The minimum Gasteiger partial charge on any atom is -0.336 e. The Hall–Kier alpha value is -0.110. The third-order valence-corrected chi connectivity index (χ3v) is 4.04. The van der Waals surface area contributed by atoms with Crippen LogP contribution in [0.25, 0.3) is 0 Å². The van der Waals surface area contributed by atoms with E-state index in [2.05, 4.69) is 5.32 Å². The maximum atomic E-state index is 13.3. The lowest BCUT2D eigenvalue weighted by molar-refractivity contribution is 0.0709. The van der Waals surface area contributed by atoms with E-state index in [1.165, 1.54) is 12.1 Å². The quantitative estimate of drug-likeness (QED) is 0.561. The minimum absolute atomic E-state index is 0. The van der Waals surface area contributed by atoms with Gasteiger partial charge in [0.05, 0.1) is 10.6 Å². The van der Waals surface area contributed by atoms with Gasteiger partial charge in [-0.25, -0.2) is 4.39 Å². The van der Waals surface area contributed by atoms with E-state index in [1.54, 1.807) is 4.90 Å². The zero-order valence-electron chi connectivity index (χ0n) is 10.3. The molecule has 19 heavy (non-hydrogen) atoms. The maximum Gasteiger partial charge on any atom is 0.255 e. The first-order valence-corrected chi connectivity index (χ1v) is 7.12. The second-order valence-corrected chi connectivity index (χ2v) is 5.92. The van der Waals surface area contributed by atoms with E-state index in [4.69, 9.17) is 11.6 Å². The number of amides is 1. The molecule has 1 aliphatic rings. The summed E-state index contributed by atoms with van der Waals surface area (Å²) < 4.78 is 13.7. The lowest BCUT2D eigenvalue weighted by atomic mass is 10.1. The van der Waals surface area contributed by atoms with Crippen LogP contribution in [0.4, 0.5) is 4.39 Å². The van der Waals surface area contributed by atoms with E-state index in [9.17, 15) is 9.18 Å². The molecule has 1 aromatic carbocycles. The Balaban J connectivity index is 0.00000180. The van der Waals surface area contributed by atoms with Crippen molar-refractivity contribution in [3.63, 3.8) is 0 Å². The summed E-state index contributed by atoms with van der Waals surface area (Å²) >= 11 is 7.80. The van der Waals surface area contributed by atoms with Gasteiger partial charge in [0, 0.05) is 29.2 Å². The lowest BCUT2D eigenvalue weighted by Gasteiger charge is -2.32. The molecular formula is C12H14Cl2FIN2O. The first kappa shape index (κ1) is 16.9. The summed E-state index contributed by atoms with van der Waals surface area (Å²) in [6, 6.07) is 2.97. The van der Waals surface area contributed by atoms with E-state index in [0.717, 1.165) is 6.54 Å². The molecule has 2 rings (SSSR count). The highest BCUT2D eigenvalue weighted by molar-refractivity contribution is 14.1. The fourth-order valence-corrected chi connectivity index (χ4v) is 2.67. The Bertz CT molecular complexity index is 487. The van der Waals surface area contributed by atoms with Crippen molar-refractivity contribution >= 4 is 52.5 Å². The Morgan fingerprint density at radius 2 is 2.26 bits per heavy atom. The molecule has 1 amide bonds. The molecule has 1 fully saturated rings. The van der Waals surface area contributed by atoms with E-state index >= 15 is 0 Å². The molecule has 0 bridgehead atoms. The fraction of sp³-hybridized carbons (Fsp3) is 0.417. The third kappa shape index (κ3) is 3.93. The SMILES string of the molecule is C[C@@H]1CN(C(=O)c2cc(I)c(F)cc2Cl)CCN1.Cl. The van der Waals surface area contributed by atoms with Gasteiger partial charge in [-0.05, 0) is 41.6 Å². The summed E-state index contributed by atoms with van der Waals surface area (Å²) in [5.41, 5.74) is 0.372. The molecule has 0 radical (unpaired) electrons. The van der Waals surface area contributed by atoms with Gasteiger partial charge in [-0.2, -0.15) is 0 Å². The van der Waals surface area contributed by atoms with Crippen LogP contribution in [0.15, 0.2) is 12.1 Å². The number of hydrogen-bond donors (Lipinski definition) is 1. The van der Waals surface area contributed by atoms with Crippen LogP contribution in [-0.2, 0) is 0 Å². The van der Waals surface area contributed by atoms with Crippen LogP contribution >= 0.6 is 46.6 Å². The van der Waals surface area contributed by atoms with Gasteiger partial charge in [0.25, 0.3) is 5.91 Å². The second-order valence-electron chi connectivity index (χ2n) is 4.35. The zero-order valence-corrected chi connectivity index (χ0v) is 14.0. The number of nitrogens with one attached hydrogen (secondary N) is 1. The third-order valence-electron chi connectivity index (χ3n) is 2.90. The zero-order chi connectivity index (χ0) is 13.3. The van der Waals surface area contributed by atoms with Crippen molar-refractivity contribution in [2.75, 3.05) is 19.6 Å². The monoisotopic (exact) mass is 418 g/mol. The van der Waals surface area contributed by atoms with Crippen LogP contribution in [0.1, 0.15) is 17.3 Å². The number of benzene rings is 1. The number of rotatable bonds is 1. The Kier molecular flexibility index (Phi) is 6.29. The number of nitrogens with zero attached hydrogens (tertiary/aromatic N) is 1. The number of halogens is 4. The molecule has 1 saturated heterocycles. The van der Waals surface area contributed by atoms with Crippen molar-refractivity contribution in [2.45, 2.75) is 13.0 Å². The highest BCUT2D eigenvalue weighted by Crippen LogP contribution is 2.23. The van der Waals surface area contributed by atoms with E-state index in [1.807, 2.05) is 29.5 Å². The Morgan fingerprint density at radius 1 is 1.58 bits per heavy atom. The van der Waals surface area contributed by atoms with Gasteiger partial charge in [-0.3, -0.25) is 4.79 Å². The number of carbonyl (C=O) groups is 1. The van der Waals surface area contributed by atoms with Gasteiger partial charge >= 0.3 is 0 Å². The molecular weight excluding hydrogens is 405 g/mol. The van der Waals surface area contributed by atoms with Gasteiger partial charge < -0.3 is 10.2 Å². The summed E-state index contributed by atoms with van der Waals surface area (Å²) in [5, 5.41) is 3.44. The normalized spacial score (nSPS) is 18.9. The van der Waals surface area contributed by atoms with Gasteiger partial charge in [0.15, 0.2) is 0 Å². The van der Waals surface area contributed by atoms with Gasteiger partial charge in [-0.15, -0.1) is 12.4 Å². The van der Waals surface area contributed by atoms with E-state index in [0.29, 0.717) is 22.2 Å². The molecule has 0 saturated carbocycles. The van der Waals surface area contributed by atoms with Gasteiger partial charge in [0.1, 0.15) is 5.82 Å². The number of hydrogen-bond acceptors (Lipinski definition) is 2. The topological polar surface area (TPSA) is 32.3 Å². The lowest BCUT2D eigenvalue weighted by Crippen LogP contribution is -2.51. The molecule has 106 valence electrons. The summed E-state index contributed by atoms with van der Waals surface area (Å²) in [5.74, 6) is -0.530. The summed E-state index contributed by atoms with van der Waals surface area (Å²) in [6.45, 7) is 4.08. The highest BCUT2D eigenvalue weighted by atomic mass is 127. The van der Waals surface area contributed by atoms with Crippen molar-refractivity contribution < 1.29 is 9.18 Å². The maximum absolute atomic E-state index is 13.3. The molecule has 7 heteroatoms. The van der Waals surface area contributed by atoms with E-state index < -0.39 is 5.82 Å². The molecule has 1 heterocycles. The molecule has 0 aliphatic carbocycles. The standard InChI is InChI=1S/C12H13ClFIN2O.ClH/c1-7-6-17(3-2-16-7)12(18)8-4-11(15)10(14)5-9(8)13;/h4-5,7,16H,2-3,6H2,1H3;1H/t7-;/m1./s1. The van der Waals surface area contributed by atoms with Crippen molar-refractivity contribution in [3.05, 3.63) is 32.1 Å². The predicted molar refractivity (Wildman–Crippen MR) is 84.7 cm³/mol. The molecule has 0 unspecified atom stereocenters.